The molecule has 1 unspecified atom stereocenters. The lowest BCUT2D eigenvalue weighted by atomic mass is 9.88. The second kappa shape index (κ2) is 5.89. The van der Waals surface area contributed by atoms with Gasteiger partial charge in [0.15, 0.2) is 0 Å². The summed E-state index contributed by atoms with van der Waals surface area (Å²) < 4.78 is 0. The van der Waals surface area contributed by atoms with E-state index < -0.39 is 4.92 Å². The summed E-state index contributed by atoms with van der Waals surface area (Å²) in [7, 11) is 0. The van der Waals surface area contributed by atoms with E-state index in [1.54, 1.807) is 12.1 Å². The topological polar surface area (TPSA) is 43.1 Å². The molecule has 0 radical (unpaired) electrons. The summed E-state index contributed by atoms with van der Waals surface area (Å²) in [5, 5.41) is 11.3. The monoisotopic (exact) mass is 289 g/mol. The summed E-state index contributed by atoms with van der Waals surface area (Å²) in [6.07, 6.45) is 1.18. The SMILES string of the molecule is CC(C)(C)C(Cl)CCc1c(Cl)cccc1[N+](=O)[O-]. The highest BCUT2D eigenvalue weighted by Crippen LogP contribution is 2.32. The van der Waals surface area contributed by atoms with Gasteiger partial charge in [0, 0.05) is 17.0 Å². The second-order valence-electron chi connectivity index (χ2n) is 5.37. The van der Waals surface area contributed by atoms with E-state index in [9.17, 15) is 10.1 Å². The summed E-state index contributed by atoms with van der Waals surface area (Å²) in [5.74, 6) is 0. The first-order chi connectivity index (χ1) is 8.23. The van der Waals surface area contributed by atoms with Gasteiger partial charge in [0.25, 0.3) is 5.69 Å². The van der Waals surface area contributed by atoms with Gasteiger partial charge in [-0.15, -0.1) is 11.6 Å². The first kappa shape index (κ1) is 15.3. The predicted molar refractivity (Wildman–Crippen MR) is 75.5 cm³/mol. The average molecular weight is 290 g/mol. The molecule has 1 aromatic carbocycles. The highest BCUT2D eigenvalue weighted by Gasteiger charge is 2.24. The zero-order chi connectivity index (χ0) is 13.9. The molecule has 0 amide bonds. The summed E-state index contributed by atoms with van der Waals surface area (Å²) in [6, 6.07) is 4.73. The number of hydrogen-bond acceptors (Lipinski definition) is 2. The largest absolute Gasteiger partial charge is 0.274 e. The van der Waals surface area contributed by atoms with Gasteiger partial charge in [-0.2, -0.15) is 0 Å². The van der Waals surface area contributed by atoms with Crippen LogP contribution in [0.1, 0.15) is 32.8 Å². The van der Waals surface area contributed by atoms with Crippen molar-refractivity contribution in [1.82, 2.24) is 0 Å². The van der Waals surface area contributed by atoms with Gasteiger partial charge < -0.3 is 0 Å². The maximum absolute atomic E-state index is 10.9. The van der Waals surface area contributed by atoms with E-state index in [-0.39, 0.29) is 16.5 Å². The van der Waals surface area contributed by atoms with Crippen molar-refractivity contribution in [3.8, 4) is 0 Å². The first-order valence-electron chi connectivity index (χ1n) is 5.79. The summed E-state index contributed by atoms with van der Waals surface area (Å²) in [5.41, 5.74) is 0.608. The lowest BCUT2D eigenvalue weighted by molar-refractivity contribution is -0.385. The zero-order valence-electron chi connectivity index (χ0n) is 10.7. The van der Waals surface area contributed by atoms with Gasteiger partial charge in [-0.1, -0.05) is 38.4 Å². The Kier molecular flexibility index (Phi) is 5.00. The minimum absolute atomic E-state index is 0.0302. The Hall–Kier alpha value is -0.800. The molecule has 3 nitrogen and oxygen atoms in total. The summed E-state index contributed by atoms with van der Waals surface area (Å²) in [6.45, 7) is 6.14. The van der Waals surface area contributed by atoms with Crippen LogP contribution in [0.5, 0.6) is 0 Å². The molecule has 0 fully saturated rings. The molecule has 0 saturated heterocycles. The molecule has 0 aromatic heterocycles. The molecule has 0 N–H and O–H groups in total. The van der Waals surface area contributed by atoms with Crippen molar-refractivity contribution in [2.45, 2.75) is 39.0 Å². The normalized spacial score (nSPS) is 13.4. The van der Waals surface area contributed by atoms with E-state index in [2.05, 4.69) is 0 Å². The van der Waals surface area contributed by atoms with E-state index in [0.29, 0.717) is 23.4 Å². The van der Waals surface area contributed by atoms with Crippen LogP contribution >= 0.6 is 23.2 Å². The minimum Gasteiger partial charge on any atom is -0.258 e. The number of benzene rings is 1. The summed E-state index contributed by atoms with van der Waals surface area (Å²) >= 11 is 12.3. The van der Waals surface area contributed by atoms with Crippen molar-refractivity contribution in [2.75, 3.05) is 0 Å². The third-order valence-electron chi connectivity index (χ3n) is 2.88. The Balaban J connectivity index is 2.88. The van der Waals surface area contributed by atoms with Gasteiger partial charge in [-0.05, 0) is 24.3 Å². The van der Waals surface area contributed by atoms with Crippen molar-refractivity contribution >= 4 is 28.9 Å². The van der Waals surface area contributed by atoms with E-state index >= 15 is 0 Å². The molecule has 0 bridgehead atoms. The van der Waals surface area contributed by atoms with Crippen LogP contribution in [0, 0.1) is 15.5 Å². The maximum Gasteiger partial charge on any atom is 0.274 e. The van der Waals surface area contributed by atoms with Crippen molar-refractivity contribution < 1.29 is 4.92 Å². The van der Waals surface area contributed by atoms with Crippen LogP contribution in [0.4, 0.5) is 5.69 Å². The van der Waals surface area contributed by atoms with Gasteiger partial charge >= 0.3 is 0 Å². The molecule has 1 aromatic rings. The number of nitrogens with zero attached hydrogens (tertiary/aromatic N) is 1. The molecule has 0 saturated carbocycles. The summed E-state index contributed by atoms with van der Waals surface area (Å²) in [4.78, 5) is 10.5. The number of nitro groups is 1. The van der Waals surface area contributed by atoms with Crippen LogP contribution in [-0.2, 0) is 6.42 Å². The van der Waals surface area contributed by atoms with E-state index in [4.69, 9.17) is 23.2 Å². The molecule has 5 heteroatoms. The van der Waals surface area contributed by atoms with E-state index in [1.165, 1.54) is 6.07 Å². The fourth-order valence-corrected chi connectivity index (χ4v) is 2.04. The molecule has 0 spiro atoms. The minimum atomic E-state index is -0.401. The Bertz CT molecular complexity index is 441. The van der Waals surface area contributed by atoms with Gasteiger partial charge in [0.05, 0.1) is 9.95 Å². The molecule has 0 heterocycles. The standard InChI is InChI=1S/C13H17Cl2NO2/c1-13(2,3)12(15)8-7-9-10(14)5-4-6-11(9)16(17)18/h4-6,12H,7-8H2,1-3H3. The van der Waals surface area contributed by atoms with E-state index in [1.807, 2.05) is 20.8 Å². The molecule has 100 valence electrons. The highest BCUT2D eigenvalue weighted by molar-refractivity contribution is 6.31. The average Bonchev–Trinajstić information content (AvgIpc) is 2.25. The lowest BCUT2D eigenvalue weighted by Gasteiger charge is -2.25. The maximum atomic E-state index is 10.9. The molecular formula is C13H17Cl2NO2. The lowest BCUT2D eigenvalue weighted by Crippen LogP contribution is -2.21. The van der Waals surface area contributed by atoms with E-state index in [0.717, 1.165) is 0 Å². The first-order valence-corrected chi connectivity index (χ1v) is 6.60. The predicted octanol–water partition coefficient (Wildman–Crippen LogP) is 4.83. The molecule has 0 aliphatic heterocycles. The fourth-order valence-electron chi connectivity index (χ4n) is 1.67. The van der Waals surface area contributed by atoms with Crippen molar-refractivity contribution in [3.63, 3.8) is 0 Å². The molecule has 0 aliphatic rings. The second-order valence-corrected chi connectivity index (χ2v) is 6.30. The van der Waals surface area contributed by atoms with Gasteiger partial charge in [0.2, 0.25) is 0 Å². The number of rotatable bonds is 4. The van der Waals surface area contributed by atoms with Crippen LogP contribution in [0.15, 0.2) is 18.2 Å². The van der Waals surface area contributed by atoms with Crippen LogP contribution in [0.25, 0.3) is 0 Å². The van der Waals surface area contributed by atoms with Gasteiger partial charge in [-0.25, -0.2) is 0 Å². The number of alkyl halides is 1. The highest BCUT2D eigenvalue weighted by atomic mass is 35.5. The van der Waals surface area contributed by atoms with Crippen molar-refractivity contribution in [1.29, 1.82) is 0 Å². The molecule has 1 rings (SSSR count). The smallest absolute Gasteiger partial charge is 0.258 e. The number of halogens is 2. The quantitative estimate of drug-likeness (QED) is 0.452. The Labute approximate surface area is 117 Å². The molecule has 0 aliphatic carbocycles. The van der Waals surface area contributed by atoms with Crippen molar-refractivity contribution in [3.05, 3.63) is 38.9 Å². The molecule has 18 heavy (non-hydrogen) atoms. The van der Waals surface area contributed by atoms with Crippen LogP contribution in [0.3, 0.4) is 0 Å². The Morgan fingerprint density at radius 3 is 2.50 bits per heavy atom. The Morgan fingerprint density at radius 1 is 1.39 bits per heavy atom. The third-order valence-corrected chi connectivity index (χ3v) is 4.11. The van der Waals surface area contributed by atoms with Gasteiger partial charge in [-0.3, -0.25) is 10.1 Å². The Morgan fingerprint density at radius 2 is 2.00 bits per heavy atom. The number of nitro benzene ring substituents is 1. The third kappa shape index (κ3) is 3.85. The van der Waals surface area contributed by atoms with Crippen LogP contribution in [-0.4, -0.2) is 10.3 Å². The van der Waals surface area contributed by atoms with Gasteiger partial charge in [0.1, 0.15) is 0 Å². The molecule has 1 atom stereocenters. The number of hydrogen-bond donors (Lipinski definition) is 0. The fraction of sp³-hybridized carbons (Fsp3) is 0.538. The van der Waals surface area contributed by atoms with Crippen molar-refractivity contribution in [2.24, 2.45) is 5.41 Å². The zero-order valence-corrected chi connectivity index (χ0v) is 12.3. The molecular weight excluding hydrogens is 273 g/mol. The van der Waals surface area contributed by atoms with Crippen LogP contribution in [0.2, 0.25) is 5.02 Å². The van der Waals surface area contributed by atoms with Crippen LogP contribution < -0.4 is 0 Å².